The SMILES string of the molecule is NS(=O)(=O)c1c(C(F)(F)F)ccc(-c2cccc3c2CCNC3)c1C1NNNN1. The minimum atomic E-state index is -4.89. The van der Waals surface area contributed by atoms with Crippen molar-refractivity contribution in [3.8, 4) is 11.1 Å². The zero-order valence-electron chi connectivity index (χ0n) is 15.0. The van der Waals surface area contributed by atoms with Gasteiger partial charge in [-0.15, -0.1) is 0 Å². The number of hydrazine groups is 3. The number of primary sulfonamides is 1. The first-order chi connectivity index (χ1) is 13.7. The summed E-state index contributed by atoms with van der Waals surface area (Å²) in [6.07, 6.45) is -5.20. The summed E-state index contributed by atoms with van der Waals surface area (Å²) < 4.78 is 65.6. The van der Waals surface area contributed by atoms with E-state index >= 15 is 0 Å². The normalized spacial score (nSPS) is 18.1. The first-order valence-corrected chi connectivity index (χ1v) is 10.3. The lowest BCUT2D eigenvalue weighted by Gasteiger charge is -2.25. The Hall–Kier alpha value is -2.06. The van der Waals surface area contributed by atoms with Gasteiger partial charge in [0.25, 0.3) is 0 Å². The van der Waals surface area contributed by atoms with Crippen LogP contribution in [0.5, 0.6) is 0 Å². The molecule has 0 spiro atoms. The fourth-order valence-corrected chi connectivity index (χ4v) is 4.86. The number of sulfonamides is 1. The van der Waals surface area contributed by atoms with Gasteiger partial charge in [0, 0.05) is 12.1 Å². The van der Waals surface area contributed by atoms with Gasteiger partial charge in [-0.3, -0.25) is 0 Å². The van der Waals surface area contributed by atoms with E-state index in [-0.39, 0.29) is 5.56 Å². The molecule has 2 aromatic carbocycles. The van der Waals surface area contributed by atoms with E-state index in [1.54, 1.807) is 12.1 Å². The van der Waals surface area contributed by atoms with Crippen LogP contribution in [0, 0.1) is 0 Å². The van der Waals surface area contributed by atoms with Gasteiger partial charge >= 0.3 is 6.18 Å². The summed E-state index contributed by atoms with van der Waals surface area (Å²) in [5, 5.41) is 8.52. The number of nitrogens with one attached hydrogen (secondary N) is 5. The Bertz CT molecular complexity index is 1050. The molecular formula is C17H19F3N6O2S. The third-order valence-corrected chi connectivity index (χ3v) is 6.01. The summed E-state index contributed by atoms with van der Waals surface area (Å²) >= 11 is 0. The molecule has 0 unspecified atom stereocenters. The monoisotopic (exact) mass is 428 g/mol. The summed E-state index contributed by atoms with van der Waals surface area (Å²) in [4.78, 5) is -0.954. The largest absolute Gasteiger partial charge is 0.417 e. The molecule has 7 N–H and O–H groups in total. The fourth-order valence-electron chi connectivity index (χ4n) is 3.83. The zero-order valence-corrected chi connectivity index (χ0v) is 15.8. The van der Waals surface area contributed by atoms with E-state index in [2.05, 4.69) is 27.2 Å². The van der Waals surface area contributed by atoms with E-state index in [1.165, 1.54) is 6.07 Å². The summed E-state index contributed by atoms with van der Waals surface area (Å²) in [5.41, 5.74) is 12.0. The maximum absolute atomic E-state index is 13.7. The highest BCUT2D eigenvalue weighted by Crippen LogP contribution is 2.42. The average molecular weight is 428 g/mol. The lowest BCUT2D eigenvalue weighted by Crippen LogP contribution is -2.33. The molecule has 2 heterocycles. The number of alkyl halides is 3. The highest BCUT2D eigenvalue weighted by molar-refractivity contribution is 7.89. The van der Waals surface area contributed by atoms with Gasteiger partial charge in [-0.25, -0.2) is 24.4 Å². The van der Waals surface area contributed by atoms with Gasteiger partial charge in [0.2, 0.25) is 10.0 Å². The maximum Gasteiger partial charge on any atom is 0.417 e. The molecule has 29 heavy (non-hydrogen) atoms. The molecule has 0 aromatic heterocycles. The van der Waals surface area contributed by atoms with Crippen molar-refractivity contribution in [3.05, 3.63) is 52.6 Å². The molecule has 0 radical (unpaired) electrons. The Labute approximate surface area is 165 Å². The third-order valence-electron chi connectivity index (χ3n) is 5.00. The van der Waals surface area contributed by atoms with E-state index in [0.29, 0.717) is 30.6 Å². The Balaban J connectivity index is 2.06. The molecule has 2 aliphatic heterocycles. The minimum Gasteiger partial charge on any atom is -0.312 e. The number of hydrogen-bond donors (Lipinski definition) is 6. The predicted octanol–water partition coefficient (Wildman–Crippen LogP) is 0.781. The van der Waals surface area contributed by atoms with Crippen molar-refractivity contribution in [1.29, 1.82) is 0 Å². The van der Waals surface area contributed by atoms with Gasteiger partial charge in [0.15, 0.2) is 0 Å². The van der Waals surface area contributed by atoms with Crippen LogP contribution in [0.15, 0.2) is 35.2 Å². The Morgan fingerprint density at radius 1 is 1.03 bits per heavy atom. The number of nitrogens with two attached hydrogens (primary N) is 1. The van der Waals surface area contributed by atoms with E-state index in [1.807, 2.05) is 6.07 Å². The van der Waals surface area contributed by atoms with Gasteiger partial charge in [-0.1, -0.05) is 24.3 Å². The molecule has 0 atom stereocenters. The second-order valence-electron chi connectivity index (χ2n) is 6.79. The summed E-state index contributed by atoms with van der Waals surface area (Å²) in [6, 6.07) is 7.58. The second kappa shape index (κ2) is 7.32. The van der Waals surface area contributed by atoms with Crippen molar-refractivity contribution in [1.82, 2.24) is 27.2 Å². The first-order valence-electron chi connectivity index (χ1n) is 8.78. The van der Waals surface area contributed by atoms with E-state index in [9.17, 15) is 21.6 Å². The van der Waals surface area contributed by atoms with Gasteiger partial charge in [0.1, 0.15) is 11.1 Å². The van der Waals surface area contributed by atoms with Gasteiger partial charge in [-0.05, 0) is 41.3 Å². The number of rotatable bonds is 3. The molecule has 0 bridgehead atoms. The van der Waals surface area contributed by atoms with Crippen molar-refractivity contribution >= 4 is 10.0 Å². The number of hydrogen-bond acceptors (Lipinski definition) is 7. The van der Waals surface area contributed by atoms with E-state index in [0.717, 1.165) is 17.2 Å². The van der Waals surface area contributed by atoms with Crippen LogP contribution in [0.2, 0.25) is 0 Å². The van der Waals surface area contributed by atoms with Crippen molar-refractivity contribution in [2.75, 3.05) is 6.54 Å². The molecule has 1 saturated heterocycles. The highest BCUT2D eigenvalue weighted by atomic mass is 32.2. The minimum absolute atomic E-state index is 0.105. The average Bonchev–Trinajstić information content (AvgIpc) is 3.19. The van der Waals surface area contributed by atoms with Crippen molar-refractivity contribution < 1.29 is 21.6 Å². The summed E-state index contributed by atoms with van der Waals surface area (Å²) in [6.45, 7) is 1.34. The summed E-state index contributed by atoms with van der Waals surface area (Å²) in [5.74, 6) is 0. The van der Waals surface area contributed by atoms with Crippen LogP contribution in [0.3, 0.4) is 0 Å². The first kappa shape index (κ1) is 20.2. The van der Waals surface area contributed by atoms with Crippen molar-refractivity contribution in [3.63, 3.8) is 0 Å². The third kappa shape index (κ3) is 3.75. The second-order valence-corrected chi connectivity index (χ2v) is 8.29. The molecule has 2 aliphatic rings. The van der Waals surface area contributed by atoms with Crippen LogP contribution >= 0.6 is 0 Å². The molecule has 156 valence electrons. The lowest BCUT2D eigenvalue weighted by atomic mass is 9.88. The summed E-state index contributed by atoms with van der Waals surface area (Å²) in [7, 11) is -4.70. The number of halogens is 3. The van der Waals surface area contributed by atoms with Gasteiger partial charge < -0.3 is 5.32 Å². The van der Waals surface area contributed by atoms with Crippen molar-refractivity contribution in [2.45, 2.75) is 30.2 Å². The molecule has 4 rings (SSSR count). The van der Waals surface area contributed by atoms with Crippen LogP contribution in [-0.4, -0.2) is 15.0 Å². The van der Waals surface area contributed by atoms with Crippen molar-refractivity contribution in [2.24, 2.45) is 5.14 Å². The standard InChI is InChI=1S/C17H19F3N6O2S/c18-17(19,20)13-5-4-12(11-3-1-2-9-8-22-7-6-10(9)11)14(15(13)29(21,27)28)16-23-25-26-24-16/h1-5,16,22-26H,6-8H2,(H2,21,27,28). The van der Waals surface area contributed by atoms with Crippen LogP contribution in [0.4, 0.5) is 13.2 Å². The Kier molecular flexibility index (Phi) is 5.11. The van der Waals surface area contributed by atoms with Crippen LogP contribution in [0.25, 0.3) is 11.1 Å². The van der Waals surface area contributed by atoms with Crippen LogP contribution in [-0.2, 0) is 29.2 Å². The molecule has 2 aromatic rings. The Morgan fingerprint density at radius 3 is 2.41 bits per heavy atom. The molecule has 0 aliphatic carbocycles. The number of benzene rings is 2. The smallest absolute Gasteiger partial charge is 0.312 e. The van der Waals surface area contributed by atoms with Crippen LogP contribution < -0.4 is 32.4 Å². The fraction of sp³-hybridized carbons (Fsp3) is 0.294. The van der Waals surface area contributed by atoms with E-state index in [4.69, 9.17) is 5.14 Å². The lowest BCUT2D eigenvalue weighted by molar-refractivity contribution is -0.140. The quantitative estimate of drug-likeness (QED) is 0.428. The number of fused-ring (bicyclic) bond motifs is 1. The van der Waals surface area contributed by atoms with Gasteiger partial charge in [0.05, 0.1) is 5.56 Å². The molecule has 1 fully saturated rings. The van der Waals surface area contributed by atoms with E-state index < -0.39 is 32.8 Å². The molecule has 0 amide bonds. The molecule has 8 nitrogen and oxygen atoms in total. The van der Waals surface area contributed by atoms with Gasteiger partial charge in [-0.2, -0.15) is 24.2 Å². The van der Waals surface area contributed by atoms with Crippen LogP contribution in [0.1, 0.15) is 28.4 Å². The highest BCUT2D eigenvalue weighted by Gasteiger charge is 2.41. The molecular weight excluding hydrogens is 409 g/mol. The maximum atomic E-state index is 13.7. The molecule has 12 heteroatoms. The topological polar surface area (TPSA) is 120 Å². The molecule has 0 saturated carbocycles. The predicted molar refractivity (Wildman–Crippen MR) is 98.9 cm³/mol. The Morgan fingerprint density at radius 2 is 1.76 bits per heavy atom. The zero-order chi connectivity index (χ0) is 20.8.